The Morgan fingerprint density at radius 1 is 1.00 bits per heavy atom. The van der Waals surface area contributed by atoms with Crippen molar-refractivity contribution in [1.29, 1.82) is 0 Å². The van der Waals surface area contributed by atoms with Gasteiger partial charge in [0, 0.05) is 6.04 Å². The van der Waals surface area contributed by atoms with Crippen molar-refractivity contribution >= 4 is 0 Å². The Kier molecular flexibility index (Phi) is 5.58. The predicted octanol–water partition coefficient (Wildman–Crippen LogP) is 0.343. The number of nitrogens with two attached hydrogens (primary N) is 3. The van der Waals surface area contributed by atoms with Crippen LogP contribution in [0.5, 0.6) is 0 Å². The van der Waals surface area contributed by atoms with Crippen LogP contribution < -0.4 is 17.4 Å². The van der Waals surface area contributed by atoms with Gasteiger partial charge in [0.1, 0.15) is 0 Å². The van der Waals surface area contributed by atoms with Gasteiger partial charge in [0.15, 0.2) is 0 Å². The van der Waals surface area contributed by atoms with Gasteiger partial charge >= 0.3 is 0 Å². The lowest BCUT2D eigenvalue weighted by Gasteiger charge is -2.22. The summed E-state index contributed by atoms with van der Waals surface area (Å²) in [5.41, 5.74) is 5.70. The number of hydrazine groups is 1. The summed E-state index contributed by atoms with van der Waals surface area (Å²) in [5.74, 6) is 8.94. The minimum Gasteiger partial charge on any atom is -0.328 e. The molecule has 10 heavy (non-hydrogen) atoms. The minimum absolute atomic E-state index is 0.520. The third-order valence-corrected chi connectivity index (χ3v) is 2.06. The molecule has 3 nitrogen and oxygen atoms in total. The third-order valence-electron chi connectivity index (χ3n) is 2.06. The first-order valence-electron chi connectivity index (χ1n) is 3.88. The van der Waals surface area contributed by atoms with E-state index in [-0.39, 0.29) is 0 Å². The molecule has 0 aromatic heterocycles. The fraction of sp³-hybridized carbons (Fsp3) is 1.00. The van der Waals surface area contributed by atoms with Crippen LogP contribution in [0.15, 0.2) is 0 Å². The van der Waals surface area contributed by atoms with Gasteiger partial charge in [-0.15, -0.1) is 0 Å². The molecule has 0 atom stereocenters. The molecule has 0 amide bonds. The first-order valence-corrected chi connectivity index (χ1v) is 3.88. The van der Waals surface area contributed by atoms with Crippen LogP contribution in [0.25, 0.3) is 0 Å². The van der Waals surface area contributed by atoms with Crippen molar-refractivity contribution in [3.8, 4) is 0 Å². The molecule has 0 unspecified atom stereocenters. The summed E-state index contributed by atoms with van der Waals surface area (Å²) in [6, 6.07) is 0.520. The second-order valence-corrected chi connectivity index (χ2v) is 3.02. The highest BCUT2D eigenvalue weighted by molar-refractivity contribution is 4.70. The van der Waals surface area contributed by atoms with Crippen molar-refractivity contribution in [2.75, 3.05) is 0 Å². The Hall–Kier alpha value is -0.120. The maximum absolute atomic E-state index is 5.70. The fourth-order valence-electron chi connectivity index (χ4n) is 1.29. The Morgan fingerprint density at radius 2 is 1.40 bits per heavy atom. The number of rotatable bonds is 0. The van der Waals surface area contributed by atoms with E-state index in [0.717, 1.165) is 5.92 Å². The van der Waals surface area contributed by atoms with Gasteiger partial charge in [-0.3, -0.25) is 11.7 Å². The van der Waals surface area contributed by atoms with E-state index in [1.807, 2.05) is 0 Å². The SMILES string of the molecule is CC1CCC(N)CC1.NN. The van der Waals surface area contributed by atoms with E-state index in [9.17, 15) is 0 Å². The average molecular weight is 145 g/mol. The van der Waals surface area contributed by atoms with E-state index in [2.05, 4.69) is 18.6 Å². The van der Waals surface area contributed by atoms with Crippen molar-refractivity contribution in [3.05, 3.63) is 0 Å². The molecule has 0 radical (unpaired) electrons. The van der Waals surface area contributed by atoms with Gasteiger partial charge in [-0.25, -0.2) is 0 Å². The van der Waals surface area contributed by atoms with E-state index < -0.39 is 0 Å². The highest BCUT2D eigenvalue weighted by Crippen LogP contribution is 2.21. The van der Waals surface area contributed by atoms with Crippen molar-refractivity contribution in [2.24, 2.45) is 23.3 Å². The van der Waals surface area contributed by atoms with E-state index >= 15 is 0 Å². The molecule has 6 N–H and O–H groups in total. The van der Waals surface area contributed by atoms with E-state index in [1.165, 1.54) is 25.7 Å². The molecule has 1 aliphatic rings. The molecule has 0 aromatic rings. The fourth-order valence-corrected chi connectivity index (χ4v) is 1.29. The molecule has 1 aliphatic carbocycles. The second kappa shape index (κ2) is 5.65. The van der Waals surface area contributed by atoms with E-state index in [1.54, 1.807) is 0 Å². The summed E-state index contributed by atoms with van der Waals surface area (Å²) in [7, 11) is 0. The van der Waals surface area contributed by atoms with Crippen LogP contribution in [-0.2, 0) is 0 Å². The highest BCUT2D eigenvalue weighted by atomic mass is 15.0. The molecule has 62 valence electrons. The lowest BCUT2D eigenvalue weighted by Crippen LogP contribution is -2.25. The highest BCUT2D eigenvalue weighted by Gasteiger charge is 2.13. The van der Waals surface area contributed by atoms with Gasteiger partial charge in [0.05, 0.1) is 0 Å². The largest absolute Gasteiger partial charge is 0.328 e. The van der Waals surface area contributed by atoms with Gasteiger partial charge in [0.25, 0.3) is 0 Å². The van der Waals surface area contributed by atoms with Crippen molar-refractivity contribution in [2.45, 2.75) is 38.6 Å². The first kappa shape index (κ1) is 9.88. The first-order chi connectivity index (χ1) is 4.79. The van der Waals surface area contributed by atoms with Gasteiger partial charge in [0.2, 0.25) is 0 Å². The Bertz CT molecular complexity index is 57.3. The van der Waals surface area contributed by atoms with Crippen LogP contribution in [0.2, 0.25) is 0 Å². The van der Waals surface area contributed by atoms with Crippen LogP contribution in [0.3, 0.4) is 0 Å². The maximum atomic E-state index is 5.70. The van der Waals surface area contributed by atoms with Crippen LogP contribution in [0, 0.1) is 5.92 Å². The minimum atomic E-state index is 0.520. The average Bonchev–Trinajstić information content (AvgIpc) is 2.00. The second-order valence-electron chi connectivity index (χ2n) is 3.02. The Morgan fingerprint density at radius 3 is 1.70 bits per heavy atom. The summed E-state index contributed by atoms with van der Waals surface area (Å²) >= 11 is 0. The van der Waals surface area contributed by atoms with Crippen LogP contribution in [0.4, 0.5) is 0 Å². The smallest absolute Gasteiger partial charge is 0.00390 e. The summed E-state index contributed by atoms with van der Waals surface area (Å²) in [6.07, 6.45) is 5.20. The molecule has 1 rings (SSSR count). The maximum Gasteiger partial charge on any atom is 0.00390 e. The molecular formula is C7H19N3. The summed E-state index contributed by atoms with van der Waals surface area (Å²) in [5, 5.41) is 0. The van der Waals surface area contributed by atoms with Gasteiger partial charge in [-0.2, -0.15) is 0 Å². The third kappa shape index (κ3) is 3.82. The van der Waals surface area contributed by atoms with Gasteiger partial charge < -0.3 is 5.73 Å². The zero-order valence-electron chi connectivity index (χ0n) is 6.72. The molecule has 0 spiro atoms. The summed E-state index contributed by atoms with van der Waals surface area (Å²) in [6.45, 7) is 2.31. The number of hydrogen-bond acceptors (Lipinski definition) is 3. The zero-order valence-corrected chi connectivity index (χ0v) is 6.72. The molecule has 0 heterocycles. The van der Waals surface area contributed by atoms with Crippen LogP contribution in [-0.4, -0.2) is 6.04 Å². The Balaban J connectivity index is 0.000000371. The molecule has 0 aromatic carbocycles. The monoisotopic (exact) mass is 145 g/mol. The number of hydrogen-bond donors (Lipinski definition) is 3. The molecule has 3 heteroatoms. The molecule has 1 saturated carbocycles. The van der Waals surface area contributed by atoms with Gasteiger partial charge in [-0.1, -0.05) is 6.92 Å². The molecule has 1 fully saturated rings. The van der Waals surface area contributed by atoms with Gasteiger partial charge in [-0.05, 0) is 31.6 Å². The normalized spacial score (nSPS) is 32.4. The van der Waals surface area contributed by atoms with Crippen molar-refractivity contribution < 1.29 is 0 Å². The Labute approximate surface area is 62.9 Å². The molecule has 0 saturated heterocycles. The van der Waals surface area contributed by atoms with Crippen LogP contribution in [0.1, 0.15) is 32.6 Å². The van der Waals surface area contributed by atoms with Crippen molar-refractivity contribution in [3.63, 3.8) is 0 Å². The van der Waals surface area contributed by atoms with Crippen LogP contribution >= 0.6 is 0 Å². The zero-order chi connectivity index (χ0) is 7.98. The summed E-state index contributed by atoms with van der Waals surface area (Å²) < 4.78 is 0. The van der Waals surface area contributed by atoms with E-state index in [4.69, 9.17) is 5.73 Å². The molecule has 0 aliphatic heterocycles. The van der Waals surface area contributed by atoms with E-state index in [0.29, 0.717) is 6.04 Å². The lowest BCUT2D eigenvalue weighted by molar-refractivity contribution is 0.348. The predicted molar refractivity (Wildman–Crippen MR) is 44.0 cm³/mol. The van der Waals surface area contributed by atoms with Crippen molar-refractivity contribution in [1.82, 2.24) is 0 Å². The summed E-state index contributed by atoms with van der Waals surface area (Å²) in [4.78, 5) is 0. The lowest BCUT2D eigenvalue weighted by atomic mass is 9.88. The quantitative estimate of drug-likeness (QED) is 0.340. The topological polar surface area (TPSA) is 78.1 Å². The molecule has 0 bridgehead atoms. The molecular weight excluding hydrogens is 126 g/mol. The standard InChI is InChI=1S/C7H15N.H4N2/c1-6-2-4-7(8)5-3-6;1-2/h6-7H,2-5,8H2,1H3;1-2H2.